The van der Waals surface area contributed by atoms with E-state index in [2.05, 4.69) is 67.8 Å². The van der Waals surface area contributed by atoms with Gasteiger partial charge in [-0.1, -0.05) is 133 Å². The molecule has 0 aliphatic carbocycles. The van der Waals surface area contributed by atoms with Crippen molar-refractivity contribution in [2.45, 2.75) is 174 Å². The molecule has 0 aliphatic rings. The number of hydrogen-bond donors (Lipinski definition) is 3. The summed E-state index contributed by atoms with van der Waals surface area (Å²) in [4.78, 5) is 33.8. The van der Waals surface area contributed by atoms with E-state index in [9.17, 15) is 24.2 Å². The van der Waals surface area contributed by atoms with E-state index in [-0.39, 0.29) is 32.1 Å². The van der Waals surface area contributed by atoms with E-state index in [1.807, 2.05) is 0 Å². The molecule has 0 spiro atoms. The molecule has 0 saturated heterocycles. The molecule has 2 atom stereocenters. The zero-order chi connectivity index (χ0) is 37.5. The maximum absolute atomic E-state index is 12.1. The van der Waals surface area contributed by atoms with Gasteiger partial charge in [0.25, 0.3) is 0 Å². The molecule has 0 bridgehead atoms. The Morgan fingerprint density at radius 1 is 0.627 bits per heavy atom. The number of aliphatic hydroxyl groups excluding tert-OH is 1. The van der Waals surface area contributed by atoms with E-state index in [1.54, 1.807) is 0 Å². The SMILES string of the molecule is CC/C=C\C/C=C\C/C=C\CCCCCCCCCC(=O)NCCOP(=O)(O)OCC(O)COC(=O)CCCCCCC/C=C\CCCCCC. The van der Waals surface area contributed by atoms with E-state index in [4.69, 9.17) is 13.8 Å². The molecule has 3 N–H and O–H groups in total. The summed E-state index contributed by atoms with van der Waals surface area (Å²) in [5.74, 6) is -0.538. The van der Waals surface area contributed by atoms with Gasteiger partial charge in [0.1, 0.15) is 12.7 Å². The van der Waals surface area contributed by atoms with Gasteiger partial charge in [0.15, 0.2) is 0 Å². The van der Waals surface area contributed by atoms with Crippen LogP contribution < -0.4 is 5.32 Å². The molecular weight excluding hydrogens is 665 g/mol. The molecule has 0 rings (SSSR count). The number of carbonyl (C=O) groups excluding carboxylic acids is 2. The maximum Gasteiger partial charge on any atom is 0.472 e. The van der Waals surface area contributed by atoms with Crippen LogP contribution in [-0.4, -0.2) is 54.3 Å². The summed E-state index contributed by atoms with van der Waals surface area (Å²) in [6.45, 7) is 3.39. The maximum atomic E-state index is 12.1. The third-order valence-corrected chi connectivity index (χ3v) is 9.23. The summed E-state index contributed by atoms with van der Waals surface area (Å²) in [5.41, 5.74) is 0. The van der Waals surface area contributed by atoms with Crippen molar-refractivity contribution in [3.05, 3.63) is 48.6 Å². The predicted octanol–water partition coefficient (Wildman–Crippen LogP) is 10.8. The first-order chi connectivity index (χ1) is 24.8. The molecular formula is C41H74NO8P. The van der Waals surface area contributed by atoms with Gasteiger partial charge in [-0.05, 0) is 70.6 Å². The van der Waals surface area contributed by atoms with Crippen molar-refractivity contribution in [3.63, 3.8) is 0 Å². The number of phosphoric ester groups is 1. The Hall–Kier alpha value is -2.03. The highest BCUT2D eigenvalue weighted by atomic mass is 31.2. The summed E-state index contributed by atoms with van der Waals surface area (Å²) in [6, 6.07) is 0. The normalized spacial score (nSPS) is 13.9. The van der Waals surface area contributed by atoms with Gasteiger partial charge in [-0.2, -0.15) is 0 Å². The molecule has 1 amide bonds. The second kappa shape index (κ2) is 37.7. The monoisotopic (exact) mass is 740 g/mol. The molecule has 10 heteroatoms. The fourth-order valence-corrected chi connectivity index (χ4v) is 5.97. The van der Waals surface area contributed by atoms with Crippen LogP contribution in [0, 0.1) is 0 Å². The summed E-state index contributed by atoms with van der Waals surface area (Å²) in [6.07, 6.45) is 41.8. The van der Waals surface area contributed by atoms with E-state index >= 15 is 0 Å². The number of phosphoric acid groups is 1. The van der Waals surface area contributed by atoms with Crippen LogP contribution in [-0.2, 0) is 27.9 Å². The van der Waals surface area contributed by atoms with Crippen molar-refractivity contribution in [1.82, 2.24) is 5.32 Å². The van der Waals surface area contributed by atoms with Gasteiger partial charge < -0.3 is 20.1 Å². The lowest BCUT2D eigenvalue weighted by Crippen LogP contribution is -2.27. The van der Waals surface area contributed by atoms with Gasteiger partial charge in [0, 0.05) is 19.4 Å². The van der Waals surface area contributed by atoms with Crippen LogP contribution in [0.4, 0.5) is 0 Å². The Morgan fingerprint density at radius 2 is 1.12 bits per heavy atom. The van der Waals surface area contributed by atoms with Gasteiger partial charge in [-0.3, -0.25) is 18.6 Å². The minimum atomic E-state index is -4.42. The van der Waals surface area contributed by atoms with Crippen molar-refractivity contribution in [1.29, 1.82) is 0 Å². The number of hydrogen-bond acceptors (Lipinski definition) is 7. The largest absolute Gasteiger partial charge is 0.472 e. The van der Waals surface area contributed by atoms with Gasteiger partial charge in [0.2, 0.25) is 5.91 Å². The van der Waals surface area contributed by atoms with Crippen LogP contribution in [0.5, 0.6) is 0 Å². The van der Waals surface area contributed by atoms with Crippen molar-refractivity contribution in [3.8, 4) is 0 Å². The molecule has 0 radical (unpaired) electrons. The van der Waals surface area contributed by atoms with Crippen molar-refractivity contribution in [2.24, 2.45) is 0 Å². The Bertz CT molecular complexity index is 981. The molecule has 296 valence electrons. The molecule has 0 heterocycles. The third-order valence-electron chi connectivity index (χ3n) is 8.24. The van der Waals surface area contributed by atoms with Crippen LogP contribution in [0.25, 0.3) is 0 Å². The Labute approximate surface area is 311 Å². The molecule has 0 aliphatic heterocycles. The van der Waals surface area contributed by atoms with Crippen LogP contribution in [0.1, 0.15) is 168 Å². The summed E-state index contributed by atoms with van der Waals surface area (Å²) >= 11 is 0. The number of unbranched alkanes of at least 4 members (excludes halogenated alkanes) is 16. The highest BCUT2D eigenvalue weighted by Crippen LogP contribution is 2.42. The smallest absolute Gasteiger partial charge is 0.463 e. The average Bonchev–Trinajstić information content (AvgIpc) is 3.11. The number of aliphatic hydroxyl groups is 1. The number of ether oxygens (including phenoxy) is 1. The van der Waals surface area contributed by atoms with Gasteiger partial charge >= 0.3 is 13.8 Å². The summed E-state index contributed by atoms with van der Waals surface area (Å²) in [7, 11) is -4.42. The standard InChI is InChI=1S/C41H74NO8P/c1-3-5-7-9-11-13-15-17-18-19-20-22-23-25-27-29-31-33-40(44)42-35-36-49-51(46,47)50-38-39(43)37-48-41(45)34-32-30-28-26-24-21-16-14-12-10-8-6-4-2/h5,7,11,13-14,16-18,39,43H,3-4,6,8-10,12,15,19-38H2,1-2H3,(H,42,44)(H,46,47)/b7-5-,13-11-,16-14-,18-17-. The second-order valence-electron chi connectivity index (χ2n) is 13.2. The molecule has 0 aromatic carbocycles. The molecule has 2 unspecified atom stereocenters. The average molecular weight is 740 g/mol. The Kier molecular flexibility index (Phi) is 36.2. The lowest BCUT2D eigenvalue weighted by Gasteiger charge is -2.15. The minimum Gasteiger partial charge on any atom is -0.463 e. The first-order valence-corrected chi connectivity index (χ1v) is 21.6. The first kappa shape index (κ1) is 49.0. The zero-order valence-electron chi connectivity index (χ0n) is 32.3. The van der Waals surface area contributed by atoms with E-state index in [0.717, 1.165) is 83.5 Å². The zero-order valence-corrected chi connectivity index (χ0v) is 33.2. The highest BCUT2D eigenvalue weighted by molar-refractivity contribution is 7.47. The quantitative estimate of drug-likeness (QED) is 0.0248. The van der Waals surface area contributed by atoms with Crippen LogP contribution >= 0.6 is 7.82 Å². The van der Waals surface area contributed by atoms with E-state index in [0.29, 0.717) is 6.42 Å². The number of carbonyl (C=O) groups is 2. The van der Waals surface area contributed by atoms with Crippen LogP contribution in [0.3, 0.4) is 0 Å². The predicted molar refractivity (Wildman–Crippen MR) is 210 cm³/mol. The fourth-order valence-electron chi connectivity index (χ4n) is 5.21. The van der Waals surface area contributed by atoms with Crippen molar-refractivity contribution in [2.75, 3.05) is 26.4 Å². The summed E-state index contributed by atoms with van der Waals surface area (Å²) < 4.78 is 26.8. The van der Waals surface area contributed by atoms with Crippen molar-refractivity contribution < 1.29 is 37.9 Å². The number of allylic oxidation sites excluding steroid dienone is 8. The van der Waals surface area contributed by atoms with E-state index < -0.39 is 26.5 Å². The highest BCUT2D eigenvalue weighted by Gasteiger charge is 2.23. The van der Waals surface area contributed by atoms with Gasteiger partial charge in [0.05, 0.1) is 13.2 Å². The number of amides is 1. The lowest BCUT2D eigenvalue weighted by atomic mass is 10.1. The van der Waals surface area contributed by atoms with Crippen LogP contribution in [0.2, 0.25) is 0 Å². The van der Waals surface area contributed by atoms with E-state index in [1.165, 1.54) is 57.8 Å². The lowest BCUT2D eigenvalue weighted by molar-refractivity contribution is -0.147. The number of esters is 1. The minimum absolute atomic E-state index is 0.0736. The Morgan fingerprint density at radius 3 is 1.71 bits per heavy atom. The third kappa shape index (κ3) is 39.0. The van der Waals surface area contributed by atoms with Crippen LogP contribution in [0.15, 0.2) is 48.6 Å². The Balaban J connectivity index is 3.64. The molecule has 0 aromatic heterocycles. The van der Waals surface area contributed by atoms with Gasteiger partial charge in [-0.25, -0.2) is 4.57 Å². The van der Waals surface area contributed by atoms with Gasteiger partial charge in [-0.15, -0.1) is 0 Å². The molecule has 0 aromatic rings. The molecule has 0 saturated carbocycles. The second-order valence-corrected chi connectivity index (χ2v) is 14.7. The van der Waals surface area contributed by atoms with Crippen molar-refractivity contribution >= 4 is 19.7 Å². The fraction of sp³-hybridized carbons (Fsp3) is 0.756. The molecule has 9 nitrogen and oxygen atoms in total. The number of rotatable bonds is 37. The number of nitrogens with one attached hydrogen (secondary N) is 1. The molecule has 0 fully saturated rings. The molecule has 51 heavy (non-hydrogen) atoms. The first-order valence-electron chi connectivity index (χ1n) is 20.1. The summed E-state index contributed by atoms with van der Waals surface area (Å²) in [5, 5.41) is 12.7. The topological polar surface area (TPSA) is 131 Å².